The van der Waals surface area contributed by atoms with Crippen molar-refractivity contribution in [2.75, 3.05) is 26.4 Å². The maximum absolute atomic E-state index is 12.1. The summed E-state index contributed by atoms with van der Waals surface area (Å²) in [5.74, 6) is 1.42. The zero-order chi connectivity index (χ0) is 17.5. The van der Waals surface area contributed by atoms with Crippen molar-refractivity contribution in [1.82, 2.24) is 4.90 Å². The lowest BCUT2D eigenvalue weighted by molar-refractivity contribution is -0.151. The number of amides is 1. The molecule has 0 bridgehead atoms. The number of morpholine rings is 1. The van der Waals surface area contributed by atoms with Crippen LogP contribution >= 0.6 is 0 Å². The molecule has 1 atom stereocenters. The second-order valence-electron chi connectivity index (χ2n) is 5.88. The highest BCUT2D eigenvalue weighted by molar-refractivity contribution is 5.78. The Labute approximate surface area is 148 Å². The Balaban J connectivity index is 1.57. The largest absolute Gasteiger partial charge is 0.490 e. The van der Waals surface area contributed by atoms with Crippen LogP contribution in [-0.4, -0.2) is 43.3 Å². The minimum Gasteiger partial charge on any atom is -0.490 e. The topological polar surface area (TPSA) is 48.0 Å². The molecule has 5 nitrogen and oxygen atoms in total. The van der Waals surface area contributed by atoms with Crippen molar-refractivity contribution in [2.45, 2.75) is 19.6 Å². The van der Waals surface area contributed by atoms with Crippen LogP contribution in [0, 0.1) is 0 Å². The average molecular weight is 341 g/mol. The second-order valence-corrected chi connectivity index (χ2v) is 5.88. The van der Waals surface area contributed by atoms with E-state index in [1.54, 1.807) is 0 Å². The number of nitrogens with zero attached hydrogens (tertiary/aromatic N) is 1. The quantitative estimate of drug-likeness (QED) is 0.777. The van der Waals surface area contributed by atoms with Gasteiger partial charge in [-0.3, -0.25) is 4.79 Å². The van der Waals surface area contributed by atoms with Gasteiger partial charge in [0.2, 0.25) is 5.91 Å². The highest BCUT2D eigenvalue weighted by atomic mass is 16.5. The van der Waals surface area contributed by atoms with Crippen LogP contribution in [-0.2, 0) is 16.1 Å². The summed E-state index contributed by atoms with van der Waals surface area (Å²) in [6.07, 6.45) is -0.156. The summed E-state index contributed by atoms with van der Waals surface area (Å²) in [6, 6.07) is 17.5. The molecule has 25 heavy (non-hydrogen) atoms. The van der Waals surface area contributed by atoms with Crippen molar-refractivity contribution in [3.8, 4) is 11.5 Å². The molecule has 0 aliphatic carbocycles. The smallest absolute Gasteiger partial charge is 0.248 e. The van der Waals surface area contributed by atoms with E-state index in [1.165, 1.54) is 0 Å². The number of ether oxygens (including phenoxy) is 3. The Hall–Kier alpha value is -2.53. The fourth-order valence-electron chi connectivity index (χ4n) is 2.76. The third kappa shape index (κ3) is 4.73. The van der Waals surface area contributed by atoms with Gasteiger partial charge in [0.1, 0.15) is 19.3 Å². The Morgan fingerprint density at radius 1 is 1.04 bits per heavy atom. The Bertz CT molecular complexity index is 689. The molecule has 2 aromatic rings. The lowest BCUT2D eigenvalue weighted by atomic mass is 10.2. The second kappa shape index (κ2) is 8.53. The molecule has 0 N–H and O–H groups in total. The van der Waals surface area contributed by atoms with E-state index >= 15 is 0 Å². The molecular formula is C20H23NO4. The normalized spacial score (nSPS) is 17.4. The predicted molar refractivity (Wildman–Crippen MR) is 94.7 cm³/mol. The lowest BCUT2D eigenvalue weighted by Gasteiger charge is -2.32. The molecule has 1 saturated heterocycles. The van der Waals surface area contributed by atoms with Gasteiger partial charge in [0.05, 0.1) is 13.2 Å². The zero-order valence-corrected chi connectivity index (χ0v) is 14.4. The molecule has 3 rings (SSSR count). The summed E-state index contributed by atoms with van der Waals surface area (Å²) in [6.45, 7) is 4.10. The monoisotopic (exact) mass is 341 g/mol. The standard InChI is InChI=1S/C20H23NO4/c1-2-23-18-10-6-7-11-19(18)25-14-17-13-21(20(22)15-24-17)12-16-8-4-3-5-9-16/h3-11,17H,2,12-15H2,1H3. The van der Waals surface area contributed by atoms with E-state index in [0.29, 0.717) is 32.1 Å². The summed E-state index contributed by atoms with van der Waals surface area (Å²) in [5.41, 5.74) is 1.11. The van der Waals surface area contributed by atoms with Crippen molar-refractivity contribution < 1.29 is 19.0 Å². The molecule has 1 heterocycles. The molecule has 1 aliphatic rings. The molecule has 132 valence electrons. The van der Waals surface area contributed by atoms with Crippen LogP contribution in [0.2, 0.25) is 0 Å². The zero-order valence-electron chi connectivity index (χ0n) is 14.4. The molecule has 1 unspecified atom stereocenters. The molecule has 1 fully saturated rings. The van der Waals surface area contributed by atoms with Gasteiger partial charge in [-0.2, -0.15) is 0 Å². The average Bonchev–Trinajstić information content (AvgIpc) is 2.64. The first-order chi connectivity index (χ1) is 12.3. The predicted octanol–water partition coefficient (Wildman–Crippen LogP) is 2.89. The van der Waals surface area contributed by atoms with Crippen molar-refractivity contribution in [2.24, 2.45) is 0 Å². The lowest BCUT2D eigenvalue weighted by Crippen LogP contribution is -2.48. The molecule has 1 aliphatic heterocycles. The third-order valence-electron chi connectivity index (χ3n) is 4.01. The van der Waals surface area contributed by atoms with Crippen molar-refractivity contribution in [1.29, 1.82) is 0 Å². The molecule has 0 aromatic heterocycles. The summed E-state index contributed by atoms with van der Waals surface area (Å²) in [5, 5.41) is 0. The Morgan fingerprint density at radius 2 is 1.72 bits per heavy atom. The van der Waals surface area contributed by atoms with Crippen LogP contribution in [0.1, 0.15) is 12.5 Å². The van der Waals surface area contributed by atoms with Gasteiger partial charge in [-0.05, 0) is 24.6 Å². The van der Waals surface area contributed by atoms with Crippen LogP contribution in [0.4, 0.5) is 0 Å². The fraction of sp³-hybridized carbons (Fsp3) is 0.350. The maximum atomic E-state index is 12.1. The van der Waals surface area contributed by atoms with Gasteiger partial charge in [-0.25, -0.2) is 0 Å². The first-order valence-corrected chi connectivity index (χ1v) is 8.54. The minimum atomic E-state index is -0.156. The van der Waals surface area contributed by atoms with Gasteiger partial charge in [0, 0.05) is 6.54 Å². The molecule has 2 aromatic carbocycles. The highest BCUT2D eigenvalue weighted by Gasteiger charge is 2.27. The minimum absolute atomic E-state index is 0.00909. The number of carbonyl (C=O) groups excluding carboxylic acids is 1. The van der Waals surface area contributed by atoms with E-state index in [4.69, 9.17) is 14.2 Å². The van der Waals surface area contributed by atoms with Gasteiger partial charge in [-0.15, -0.1) is 0 Å². The van der Waals surface area contributed by atoms with Crippen LogP contribution in [0.3, 0.4) is 0 Å². The number of hydrogen-bond acceptors (Lipinski definition) is 4. The summed E-state index contributed by atoms with van der Waals surface area (Å²) >= 11 is 0. The Morgan fingerprint density at radius 3 is 2.44 bits per heavy atom. The molecule has 1 amide bonds. The molecule has 0 spiro atoms. The maximum Gasteiger partial charge on any atom is 0.248 e. The Kier molecular flexibility index (Phi) is 5.90. The van der Waals surface area contributed by atoms with Crippen LogP contribution < -0.4 is 9.47 Å². The third-order valence-corrected chi connectivity index (χ3v) is 4.01. The van der Waals surface area contributed by atoms with Gasteiger partial charge in [-0.1, -0.05) is 42.5 Å². The SMILES string of the molecule is CCOc1ccccc1OCC1CN(Cc2ccccc2)C(=O)CO1. The summed E-state index contributed by atoms with van der Waals surface area (Å²) in [7, 11) is 0. The van der Waals surface area contributed by atoms with E-state index in [-0.39, 0.29) is 18.6 Å². The summed E-state index contributed by atoms with van der Waals surface area (Å²) in [4.78, 5) is 13.9. The van der Waals surface area contributed by atoms with Gasteiger partial charge < -0.3 is 19.1 Å². The number of para-hydroxylation sites is 2. The first kappa shape index (κ1) is 17.3. The highest BCUT2D eigenvalue weighted by Crippen LogP contribution is 2.26. The summed E-state index contributed by atoms with van der Waals surface area (Å²) < 4.78 is 17.1. The number of rotatable bonds is 7. The number of hydrogen-bond donors (Lipinski definition) is 0. The molecule has 0 radical (unpaired) electrons. The van der Waals surface area contributed by atoms with Crippen molar-refractivity contribution in [3.63, 3.8) is 0 Å². The van der Waals surface area contributed by atoms with E-state index < -0.39 is 0 Å². The first-order valence-electron chi connectivity index (χ1n) is 8.54. The molecule has 5 heteroatoms. The van der Waals surface area contributed by atoms with E-state index in [0.717, 1.165) is 11.3 Å². The van der Waals surface area contributed by atoms with Gasteiger partial charge in [0.15, 0.2) is 11.5 Å². The number of carbonyl (C=O) groups is 1. The van der Waals surface area contributed by atoms with Crippen LogP contribution in [0.5, 0.6) is 11.5 Å². The van der Waals surface area contributed by atoms with E-state index in [1.807, 2.05) is 66.4 Å². The number of benzene rings is 2. The van der Waals surface area contributed by atoms with E-state index in [2.05, 4.69) is 0 Å². The van der Waals surface area contributed by atoms with Crippen molar-refractivity contribution in [3.05, 3.63) is 60.2 Å². The van der Waals surface area contributed by atoms with Crippen LogP contribution in [0.25, 0.3) is 0 Å². The van der Waals surface area contributed by atoms with Gasteiger partial charge in [0.25, 0.3) is 0 Å². The van der Waals surface area contributed by atoms with Crippen molar-refractivity contribution >= 4 is 5.91 Å². The molecular weight excluding hydrogens is 318 g/mol. The fourth-order valence-corrected chi connectivity index (χ4v) is 2.76. The molecule has 0 saturated carbocycles. The van der Waals surface area contributed by atoms with Gasteiger partial charge >= 0.3 is 0 Å². The van der Waals surface area contributed by atoms with Crippen LogP contribution in [0.15, 0.2) is 54.6 Å². The van der Waals surface area contributed by atoms with E-state index in [9.17, 15) is 4.79 Å².